The van der Waals surface area contributed by atoms with Crippen LogP contribution in [0.3, 0.4) is 0 Å². The molecule has 3 aromatic rings. The highest BCUT2D eigenvalue weighted by atomic mass is 19.1. The summed E-state index contributed by atoms with van der Waals surface area (Å²) >= 11 is 0. The highest BCUT2D eigenvalue weighted by Gasteiger charge is 2.27. The molecule has 0 spiro atoms. The van der Waals surface area contributed by atoms with Crippen molar-refractivity contribution in [3.63, 3.8) is 0 Å². The third kappa shape index (κ3) is 2.79. The zero-order chi connectivity index (χ0) is 18.3. The molecule has 0 saturated carbocycles. The first kappa shape index (κ1) is 16.5. The van der Waals surface area contributed by atoms with E-state index in [1.807, 2.05) is 31.2 Å². The van der Waals surface area contributed by atoms with Crippen LogP contribution >= 0.6 is 0 Å². The molecule has 1 aliphatic rings. The van der Waals surface area contributed by atoms with Gasteiger partial charge in [0.1, 0.15) is 5.82 Å². The van der Waals surface area contributed by atoms with Gasteiger partial charge in [-0.2, -0.15) is 0 Å². The highest BCUT2D eigenvalue weighted by molar-refractivity contribution is 6.10. The number of carbonyl (C=O) groups is 1. The first-order chi connectivity index (χ1) is 12.5. The Balaban J connectivity index is 2.08. The molecule has 0 atom stereocenters. The zero-order valence-electron chi connectivity index (χ0n) is 14.5. The van der Waals surface area contributed by atoms with Gasteiger partial charge in [-0.05, 0) is 38.0 Å². The second kappa shape index (κ2) is 6.41. The average Bonchev–Trinajstić information content (AvgIpc) is 3.15. The SMILES string of the molecule is Cc1ccc(-c2nc3ccc(F)cc3c(C(=O)O)c2N2CCCC2)cc1. The van der Waals surface area contributed by atoms with Crippen LogP contribution in [0.5, 0.6) is 0 Å². The van der Waals surface area contributed by atoms with Crippen molar-refractivity contribution in [2.24, 2.45) is 0 Å². The summed E-state index contributed by atoms with van der Waals surface area (Å²) in [5.74, 6) is -1.52. The second-order valence-electron chi connectivity index (χ2n) is 6.71. The Kier molecular flexibility index (Phi) is 4.07. The predicted octanol–water partition coefficient (Wildman–Crippen LogP) is 4.65. The fourth-order valence-corrected chi connectivity index (χ4v) is 3.60. The summed E-state index contributed by atoms with van der Waals surface area (Å²) in [6, 6.07) is 12.0. The van der Waals surface area contributed by atoms with E-state index in [9.17, 15) is 14.3 Å². The van der Waals surface area contributed by atoms with Crippen molar-refractivity contribution in [3.8, 4) is 11.3 Å². The Bertz CT molecular complexity index is 993. The quantitative estimate of drug-likeness (QED) is 0.747. The van der Waals surface area contributed by atoms with Gasteiger partial charge in [0.2, 0.25) is 0 Å². The fourth-order valence-electron chi connectivity index (χ4n) is 3.60. The number of rotatable bonds is 3. The Hall–Kier alpha value is -2.95. The lowest BCUT2D eigenvalue weighted by atomic mass is 9.99. The summed E-state index contributed by atoms with van der Waals surface area (Å²) in [5.41, 5.74) is 3.85. The smallest absolute Gasteiger partial charge is 0.338 e. The van der Waals surface area contributed by atoms with Crippen molar-refractivity contribution in [2.45, 2.75) is 19.8 Å². The average molecular weight is 350 g/mol. The van der Waals surface area contributed by atoms with Crippen LogP contribution in [0.4, 0.5) is 10.1 Å². The molecule has 1 saturated heterocycles. The molecule has 0 bridgehead atoms. The third-order valence-corrected chi connectivity index (χ3v) is 4.88. The summed E-state index contributed by atoms with van der Waals surface area (Å²) in [6.45, 7) is 3.56. The molecular weight excluding hydrogens is 331 g/mol. The molecule has 4 rings (SSSR count). The number of fused-ring (bicyclic) bond motifs is 1. The van der Waals surface area contributed by atoms with E-state index in [-0.39, 0.29) is 5.56 Å². The number of carboxylic acid groups (broad SMARTS) is 1. The number of carboxylic acids is 1. The maximum atomic E-state index is 13.8. The van der Waals surface area contributed by atoms with Crippen LogP contribution < -0.4 is 4.90 Å². The van der Waals surface area contributed by atoms with Gasteiger partial charge in [-0.25, -0.2) is 14.2 Å². The van der Waals surface area contributed by atoms with Crippen molar-refractivity contribution in [1.29, 1.82) is 0 Å². The van der Waals surface area contributed by atoms with Crippen LogP contribution in [0.15, 0.2) is 42.5 Å². The van der Waals surface area contributed by atoms with E-state index >= 15 is 0 Å². The largest absolute Gasteiger partial charge is 0.478 e. The van der Waals surface area contributed by atoms with Gasteiger partial charge in [-0.3, -0.25) is 0 Å². The van der Waals surface area contributed by atoms with Crippen LogP contribution in [0, 0.1) is 12.7 Å². The van der Waals surface area contributed by atoms with Gasteiger partial charge in [0.25, 0.3) is 0 Å². The van der Waals surface area contributed by atoms with Crippen molar-refractivity contribution < 1.29 is 14.3 Å². The molecule has 1 N–H and O–H groups in total. The molecule has 4 nitrogen and oxygen atoms in total. The van der Waals surface area contributed by atoms with Crippen LogP contribution in [0.1, 0.15) is 28.8 Å². The number of aryl methyl sites for hydroxylation is 1. The maximum Gasteiger partial charge on any atom is 0.338 e. The van der Waals surface area contributed by atoms with Crippen molar-refractivity contribution in [2.75, 3.05) is 18.0 Å². The number of benzene rings is 2. The highest BCUT2D eigenvalue weighted by Crippen LogP contribution is 2.38. The first-order valence-corrected chi connectivity index (χ1v) is 8.73. The molecule has 0 radical (unpaired) electrons. The Morgan fingerprint density at radius 1 is 1.12 bits per heavy atom. The summed E-state index contributed by atoms with van der Waals surface area (Å²) < 4.78 is 13.8. The fraction of sp³-hybridized carbons (Fsp3) is 0.238. The molecule has 1 fully saturated rings. The van der Waals surface area contributed by atoms with Crippen molar-refractivity contribution in [1.82, 2.24) is 4.98 Å². The van der Waals surface area contributed by atoms with Crippen LogP contribution in [-0.4, -0.2) is 29.1 Å². The second-order valence-corrected chi connectivity index (χ2v) is 6.71. The van der Waals surface area contributed by atoms with Gasteiger partial charge in [0, 0.05) is 24.0 Å². The number of pyridine rings is 1. The zero-order valence-corrected chi connectivity index (χ0v) is 14.5. The lowest BCUT2D eigenvalue weighted by Gasteiger charge is -2.24. The molecular formula is C21H19FN2O2. The topological polar surface area (TPSA) is 53.4 Å². The van der Waals surface area contributed by atoms with E-state index in [4.69, 9.17) is 4.98 Å². The predicted molar refractivity (Wildman–Crippen MR) is 100 cm³/mol. The lowest BCUT2D eigenvalue weighted by molar-refractivity contribution is 0.0699. The molecule has 132 valence electrons. The molecule has 5 heteroatoms. The van der Waals surface area contributed by atoms with E-state index in [0.29, 0.717) is 22.3 Å². The monoisotopic (exact) mass is 350 g/mol. The molecule has 0 aliphatic carbocycles. The minimum absolute atomic E-state index is 0.131. The van der Waals surface area contributed by atoms with Gasteiger partial charge in [0.05, 0.1) is 22.5 Å². The van der Waals surface area contributed by atoms with Gasteiger partial charge < -0.3 is 10.0 Å². The van der Waals surface area contributed by atoms with Gasteiger partial charge in [0.15, 0.2) is 0 Å². The molecule has 2 heterocycles. The van der Waals surface area contributed by atoms with Gasteiger partial charge in [-0.15, -0.1) is 0 Å². The molecule has 2 aromatic carbocycles. The number of aromatic carboxylic acids is 1. The van der Waals surface area contributed by atoms with Crippen molar-refractivity contribution in [3.05, 3.63) is 59.4 Å². The Morgan fingerprint density at radius 3 is 2.46 bits per heavy atom. The van der Waals surface area contributed by atoms with E-state index in [0.717, 1.165) is 37.1 Å². The standard InChI is InChI=1S/C21H19FN2O2/c1-13-4-6-14(7-5-13)19-20(24-10-2-3-11-24)18(21(25)26)16-12-15(22)8-9-17(16)23-19/h4-9,12H,2-3,10-11H2,1H3,(H,25,26). The molecule has 0 unspecified atom stereocenters. The minimum atomic E-state index is -1.06. The van der Waals surface area contributed by atoms with Crippen LogP contribution in [0.25, 0.3) is 22.2 Å². The summed E-state index contributed by atoms with van der Waals surface area (Å²) in [4.78, 5) is 19.0. The number of hydrogen-bond acceptors (Lipinski definition) is 3. The number of halogens is 1. The molecule has 26 heavy (non-hydrogen) atoms. The van der Waals surface area contributed by atoms with Gasteiger partial charge in [-0.1, -0.05) is 29.8 Å². The van der Waals surface area contributed by atoms with E-state index < -0.39 is 11.8 Å². The maximum absolute atomic E-state index is 13.8. The lowest BCUT2D eigenvalue weighted by Crippen LogP contribution is -2.22. The summed E-state index contributed by atoms with van der Waals surface area (Å²) in [6.07, 6.45) is 2.02. The van der Waals surface area contributed by atoms with Crippen LogP contribution in [0.2, 0.25) is 0 Å². The Labute approximate surface area is 150 Å². The van der Waals surface area contributed by atoms with Gasteiger partial charge >= 0.3 is 5.97 Å². The summed E-state index contributed by atoms with van der Waals surface area (Å²) in [7, 11) is 0. The molecule has 1 aromatic heterocycles. The number of hydrogen-bond donors (Lipinski definition) is 1. The molecule has 1 aliphatic heterocycles. The van der Waals surface area contributed by atoms with E-state index in [1.165, 1.54) is 12.1 Å². The number of anilines is 1. The summed E-state index contributed by atoms with van der Waals surface area (Å²) in [5, 5.41) is 10.3. The number of nitrogens with zero attached hydrogens (tertiary/aromatic N) is 2. The van der Waals surface area contributed by atoms with Crippen molar-refractivity contribution >= 4 is 22.6 Å². The minimum Gasteiger partial charge on any atom is -0.478 e. The molecule has 0 amide bonds. The third-order valence-electron chi connectivity index (χ3n) is 4.88. The normalized spacial score (nSPS) is 14.2. The van der Waals surface area contributed by atoms with E-state index in [1.54, 1.807) is 6.07 Å². The Morgan fingerprint density at radius 2 is 1.81 bits per heavy atom. The van der Waals surface area contributed by atoms with E-state index in [2.05, 4.69) is 4.90 Å². The van der Waals surface area contributed by atoms with Crippen LogP contribution in [-0.2, 0) is 0 Å². The number of aromatic nitrogens is 1. The first-order valence-electron chi connectivity index (χ1n) is 8.73.